The molecule has 6 heteroatoms. The van der Waals surface area contributed by atoms with Crippen molar-refractivity contribution < 1.29 is 9.53 Å². The van der Waals surface area contributed by atoms with Crippen molar-refractivity contribution in [2.24, 2.45) is 5.73 Å². The minimum absolute atomic E-state index is 0.411. The molecule has 0 spiro atoms. The van der Waals surface area contributed by atoms with E-state index in [4.69, 9.17) is 10.5 Å². The minimum Gasteiger partial charge on any atom is -0.491 e. The summed E-state index contributed by atoms with van der Waals surface area (Å²) >= 11 is 0. The summed E-state index contributed by atoms with van der Waals surface area (Å²) in [5.41, 5.74) is 7.72. The quantitative estimate of drug-likeness (QED) is 0.849. The molecule has 1 aromatic carbocycles. The number of hydrogen-bond donors (Lipinski definition) is 2. The van der Waals surface area contributed by atoms with E-state index >= 15 is 0 Å². The van der Waals surface area contributed by atoms with Crippen molar-refractivity contribution >= 4 is 5.91 Å². The topological polar surface area (TPSA) is 84.2 Å². The Labute approximate surface area is 129 Å². The SMILES string of the molecule is NC(=O)c1ccc(-c2cn[nH]c2)cc1OCCN1CCCC1. The van der Waals surface area contributed by atoms with Crippen LogP contribution in [0.5, 0.6) is 5.75 Å². The molecule has 116 valence electrons. The highest BCUT2D eigenvalue weighted by atomic mass is 16.5. The number of benzene rings is 1. The number of aromatic amines is 1. The Morgan fingerprint density at radius 3 is 2.82 bits per heavy atom. The third-order valence-electron chi connectivity index (χ3n) is 3.94. The van der Waals surface area contributed by atoms with E-state index in [1.54, 1.807) is 18.5 Å². The molecule has 0 radical (unpaired) electrons. The van der Waals surface area contributed by atoms with Crippen LogP contribution < -0.4 is 10.5 Å². The summed E-state index contributed by atoms with van der Waals surface area (Å²) in [5.74, 6) is 0.0558. The number of ether oxygens (including phenoxy) is 1. The monoisotopic (exact) mass is 300 g/mol. The molecule has 1 amide bonds. The van der Waals surface area contributed by atoms with E-state index in [0.29, 0.717) is 17.9 Å². The molecule has 1 aromatic heterocycles. The molecule has 1 fully saturated rings. The van der Waals surface area contributed by atoms with E-state index in [2.05, 4.69) is 15.1 Å². The van der Waals surface area contributed by atoms with Crippen LogP contribution >= 0.6 is 0 Å². The smallest absolute Gasteiger partial charge is 0.252 e. The Bertz CT molecular complexity index is 634. The van der Waals surface area contributed by atoms with Gasteiger partial charge in [-0.15, -0.1) is 0 Å². The number of nitrogens with one attached hydrogen (secondary N) is 1. The molecule has 0 atom stereocenters. The van der Waals surface area contributed by atoms with Crippen molar-refractivity contribution in [2.45, 2.75) is 12.8 Å². The maximum absolute atomic E-state index is 11.6. The van der Waals surface area contributed by atoms with Crippen LogP contribution in [0.2, 0.25) is 0 Å². The van der Waals surface area contributed by atoms with Crippen molar-refractivity contribution in [3.63, 3.8) is 0 Å². The fourth-order valence-corrected chi connectivity index (χ4v) is 2.72. The Kier molecular flexibility index (Phi) is 4.39. The van der Waals surface area contributed by atoms with Gasteiger partial charge in [0, 0.05) is 18.3 Å². The standard InChI is InChI=1S/C16H20N4O2/c17-16(21)14-4-3-12(13-10-18-19-11-13)9-15(14)22-8-7-20-5-1-2-6-20/h3-4,9-11H,1-2,5-8H2,(H2,17,21)(H,18,19). The lowest BCUT2D eigenvalue weighted by Crippen LogP contribution is -2.25. The molecule has 22 heavy (non-hydrogen) atoms. The third kappa shape index (κ3) is 3.28. The first-order chi connectivity index (χ1) is 10.7. The molecular formula is C16H20N4O2. The van der Waals surface area contributed by atoms with E-state index < -0.39 is 5.91 Å². The van der Waals surface area contributed by atoms with Gasteiger partial charge in [-0.1, -0.05) is 6.07 Å². The van der Waals surface area contributed by atoms with Gasteiger partial charge in [-0.05, 0) is 43.6 Å². The molecule has 1 saturated heterocycles. The zero-order valence-electron chi connectivity index (χ0n) is 12.4. The second-order valence-electron chi connectivity index (χ2n) is 5.46. The molecule has 3 rings (SSSR count). The van der Waals surface area contributed by atoms with Crippen molar-refractivity contribution in [3.05, 3.63) is 36.2 Å². The highest BCUT2D eigenvalue weighted by molar-refractivity contribution is 5.96. The molecule has 1 aliphatic rings. The van der Waals surface area contributed by atoms with Crippen LogP contribution in [-0.4, -0.2) is 47.2 Å². The van der Waals surface area contributed by atoms with Gasteiger partial charge in [0.2, 0.25) is 0 Å². The number of nitrogens with two attached hydrogens (primary N) is 1. The number of carbonyl (C=O) groups is 1. The predicted molar refractivity (Wildman–Crippen MR) is 83.7 cm³/mol. The van der Waals surface area contributed by atoms with Gasteiger partial charge in [0.25, 0.3) is 5.91 Å². The van der Waals surface area contributed by atoms with E-state index in [1.807, 2.05) is 12.1 Å². The van der Waals surface area contributed by atoms with Gasteiger partial charge >= 0.3 is 0 Å². The summed E-state index contributed by atoms with van der Waals surface area (Å²) in [5, 5.41) is 6.71. The number of carbonyl (C=O) groups excluding carboxylic acids is 1. The number of rotatable bonds is 6. The molecule has 3 N–H and O–H groups in total. The molecule has 1 aliphatic heterocycles. The molecule has 2 aromatic rings. The number of H-pyrrole nitrogens is 1. The molecule has 0 unspecified atom stereocenters. The Morgan fingerprint density at radius 2 is 2.14 bits per heavy atom. The van der Waals surface area contributed by atoms with Crippen LogP contribution in [0, 0.1) is 0 Å². The second-order valence-corrected chi connectivity index (χ2v) is 5.46. The lowest BCUT2D eigenvalue weighted by Gasteiger charge is -2.16. The van der Waals surface area contributed by atoms with Crippen molar-refractivity contribution in [1.82, 2.24) is 15.1 Å². The van der Waals surface area contributed by atoms with Crippen LogP contribution in [-0.2, 0) is 0 Å². The number of nitrogens with zero attached hydrogens (tertiary/aromatic N) is 2. The largest absolute Gasteiger partial charge is 0.491 e. The first-order valence-electron chi connectivity index (χ1n) is 7.52. The molecule has 0 saturated carbocycles. The first-order valence-corrected chi connectivity index (χ1v) is 7.52. The number of aromatic nitrogens is 2. The maximum atomic E-state index is 11.6. The predicted octanol–water partition coefficient (Wildman–Crippen LogP) is 1.65. The highest BCUT2D eigenvalue weighted by Crippen LogP contribution is 2.26. The van der Waals surface area contributed by atoms with E-state index in [0.717, 1.165) is 30.8 Å². The average molecular weight is 300 g/mol. The number of hydrogen-bond acceptors (Lipinski definition) is 4. The average Bonchev–Trinajstić information content (AvgIpc) is 3.20. The van der Waals surface area contributed by atoms with Crippen LogP contribution in [0.3, 0.4) is 0 Å². The van der Waals surface area contributed by atoms with E-state index in [9.17, 15) is 4.79 Å². The summed E-state index contributed by atoms with van der Waals surface area (Å²) in [6.07, 6.45) is 6.03. The van der Waals surface area contributed by atoms with Crippen molar-refractivity contribution in [3.8, 4) is 16.9 Å². The number of amides is 1. The normalized spacial score (nSPS) is 15.1. The Morgan fingerprint density at radius 1 is 1.32 bits per heavy atom. The molecule has 0 aliphatic carbocycles. The Balaban J connectivity index is 1.74. The second kappa shape index (κ2) is 6.62. The van der Waals surface area contributed by atoms with Gasteiger partial charge in [-0.3, -0.25) is 14.8 Å². The molecule has 0 bridgehead atoms. The van der Waals surface area contributed by atoms with Crippen molar-refractivity contribution in [1.29, 1.82) is 0 Å². The lowest BCUT2D eigenvalue weighted by molar-refractivity contribution is 0.0996. The maximum Gasteiger partial charge on any atom is 0.252 e. The summed E-state index contributed by atoms with van der Waals surface area (Å²) < 4.78 is 5.83. The molecule has 6 nitrogen and oxygen atoms in total. The minimum atomic E-state index is -0.477. The lowest BCUT2D eigenvalue weighted by atomic mass is 10.1. The van der Waals surface area contributed by atoms with Gasteiger partial charge < -0.3 is 10.5 Å². The van der Waals surface area contributed by atoms with Crippen LogP contribution in [0.4, 0.5) is 0 Å². The van der Waals surface area contributed by atoms with Crippen molar-refractivity contribution in [2.75, 3.05) is 26.2 Å². The van der Waals surface area contributed by atoms with Crippen LogP contribution in [0.25, 0.3) is 11.1 Å². The summed E-state index contributed by atoms with van der Waals surface area (Å²) in [4.78, 5) is 13.9. The number of likely N-dealkylation sites (tertiary alicyclic amines) is 1. The molecule has 2 heterocycles. The highest BCUT2D eigenvalue weighted by Gasteiger charge is 2.14. The van der Waals surface area contributed by atoms with Gasteiger partial charge in [-0.2, -0.15) is 5.10 Å². The van der Waals surface area contributed by atoms with Gasteiger partial charge in [0.05, 0.1) is 11.8 Å². The first kappa shape index (κ1) is 14.6. The summed E-state index contributed by atoms with van der Waals surface area (Å²) in [6.45, 7) is 3.67. The fourth-order valence-electron chi connectivity index (χ4n) is 2.72. The van der Waals surface area contributed by atoms with Crippen LogP contribution in [0.1, 0.15) is 23.2 Å². The fraction of sp³-hybridized carbons (Fsp3) is 0.375. The summed E-state index contributed by atoms with van der Waals surface area (Å²) in [6, 6.07) is 5.39. The van der Waals surface area contributed by atoms with Gasteiger partial charge in [0.15, 0.2) is 0 Å². The summed E-state index contributed by atoms with van der Waals surface area (Å²) in [7, 11) is 0. The van der Waals surface area contributed by atoms with Gasteiger partial charge in [0.1, 0.15) is 12.4 Å². The van der Waals surface area contributed by atoms with Gasteiger partial charge in [-0.25, -0.2) is 0 Å². The van der Waals surface area contributed by atoms with E-state index in [-0.39, 0.29) is 0 Å². The third-order valence-corrected chi connectivity index (χ3v) is 3.94. The van der Waals surface area contributed by atoms with Crippen LogP contribution in [0.15, 0.2) is 30.6 Å². The zero-order valence-corrected chi connectivity index (χ0v) is 12.4. The zero-order chi connectivity index (χ0) is 15.4. The number of primary amides is 1. The Hall–Kier alpha value is -2.34. The molecular weight excluding hydrogens is 280 g/mol. The van der Waals surface area contributed by atoms with E-state index in [1.165, 1.54) is 12.8 Å².